The van der Waals surface area contributed by atoms with Crippen molar-refractivity contribution < 1.29 is 14.3 Å². The van der Waals surface area contributed by atoms with Crippen LogP contribution in [0.2, 0.25) is 0 Å². The molecule has 0 bridgehead atoms. The fourth-order valence-electron chi connectivity index (χ4n) is 3.21. The van der Waals surface area contributed by atoms with Crippen LogP contribution in [0.15, 0.2) is 78.9 Å². The highest BCUT2D eigenvalue weighted by molar-refractivity contribution is 8.00. The van der Waals surface area contributed by atoms with Gasteiger partial charge in [-0.15, -0.1) is 11.8 Å². The summed E-state index contributed by atoms with van der Waals surface area (Å²) in [6.07, 6.45) is 0. The van der Waals surface area contributed by atoms with Crippen molar-refractivity contribution in [1.29, 1.82) is 0 Å². The van der Waals surface area contributed by atoms with Gasteiger partial charge in [0.15, 0.2) is 0 Å². The molecule has 0 aliphatic carbocycles. The second kappa shape index (κ2) is 8.41. The Balaban J connectivity index is 1.58. The van der Waals surface area contributed by atoms with E-state index in [-0.39, 0.29) is 17.2 Å². The van der Waals surface area contributed by atoms with Gasteiger partial charge in [0.1, 0.15) is 16.9 Å². The highest BCUT2D eigenvalue weighted by atomic mass is 32.2. The van der Waals surface area contributed by atoms with Crippen LogP contribution in [0.5, 0.6) is 11.5 Å². The SMILES string of the molecule is CC(=O)Nc1ccc(N2C(=O)CS[C@H]2c2cccc(Oc3ccccc3)c2)cc1. The number of hydrogen-bond donors (Lipinski definition) is 1. The topological polar surface area (TPSA) is 58.6 Å². The van der Waals surface area contributed by atoms with Gasteiger partial charge in [0.05, 0.1) is 5.75 Å². The number of thioether (sulfide) groups is 1. The molecule has 0 radical (unpaired) electrons. The Morgan fingerprint density at radius 2 is 1.72 bits per heavy atom. The summed E-state index contributed by atoms with van der Waals surface area (Å²) in [4.78, 5) is 25.6. The largest absolute Gasteiger partial charge is 0.457 e. The maximum atomic E-state index is 12.6. The molecule has 4 rings (SSSR count). The Kier molecular flexibility index (Phi) is 5.53. The molecule has 1 atom stereocenters. The second-order valence-electron chi connectivity index (χ2n) is 6.64. The zero-order valence-electron chi connectivity index (χ0n) is 15.9. The minimum atomic E-state index is -0.131. The molecule has 0 unspecified atom stereocenters. The average molecular weight is 404 g/mol. The van der Waals surface area contributed by atoms with Crippen LogP contribution < -0.4 is 15.0 Å². The van der Waals surface area contributed by atoms with Gasteiger partial charge in [0, 0.05) is 18.3 Å². The number of carbonyl (C=O) groups excluding carboxylic acids is 2. The summed E-state index contributed by atoms with van der Waals surface area (Å²) >= 11 is 1.59. The smallest absolute Gasteiger partial charge is 0.238 e. The molecule has 1 N–H and O–H groups in total. The van der Waals surface area contributed by atoms with Crippen LogP contribution in [0.1, 0.15) is 17.9 Å². The molecule has 29 heavy (non-hydrogen) atoms. The number of benzene rings is 3. The third-order valence-electron chi connectivity index (χ3n) is 4.46. The lowest BCUT2D eigenvalue weighted by atomic mass is 10.1. The van der Waals surface area contributed by atoms with Gasteiger partial charge in [-0.3, -0.25) is 14.5 Å². The van der Waals surface area contributed by atoms with E-state index < -0.39 is 0 Å². The standard InChI is InChI=1S/C23H20N2O3S/c1-16(26)24-18-10-12-19(13-11-18)25-22(27)15-29-23(25)17-6-5-9-21(14-17)28-20-7-3-2-4-8-20/h2-14,23H,15H2,1H3,(H,24,26)/t23-/m0/s1. The first-order chi connectivity index (χ1) is 14.1. The molecule has 6 heteroatoms. The monoisotopic (exact) mass is 404 g/mol. The third-order valence-corrected chi connectivity index (χ3v) is 5.67. The van der Waals surface area contributed by atoms with Crippen LogP contribution >= 0.6 is 11.8 Å². The zero-order valence-corrected chi connectivity index (χ0v) is 16.7. The number of nitrogens with zero attached hydrogens (tertiary/aromatic N) is 1. The van der Waals surface area contributed by atoms with Crippen molar-refractivity contribution in [3.05, 3.63) is 84.4 Å². The number of nitrogens with one attached hydrogen (secondary N) is 1. The molecule has 0 saturated carbocycles. The molecular weight excluding hydrogens is 384 g/mol. The lowest BCUT2D eigenvalue weighted by Crippen LogP contribution is -2.27. The number of anilines is 2. The van der Waals surface area contributed by atoms with Gasteiger partial charge in [-0.1, -0.05) is 30.3 Å². The Bertz CT molecular complexity index is 1020. The Labute approximate surface area is 173 Å². The summed E-state index contributed by atoms with van der Waals surface area (Å²) in [7, 11) is 0. The van der Waals surface area contributed by atoms with Crippen molar-refractivity contribution in [3.63, 3.8) is 0 Å². The van der Waals surface area contributed by atoms with Crippen LogP contribution in [0.4, 0.5) is 11.4 Å². The average Bonchev–Trinajstić information content (AvgIpc) is 3.11. The summed E-state index contributed by atoms with van der Waals surface area (Å²) < 4.78 is 5.95. The molecule has 3 aromatic carbocycles. The molecule has 2 amide bonds. The van der Waals surface area contributed by atoms with E-state index in [1.54, 1.807) is 28.8 Å². The molecule has 146 valence electrons. The fourth-order valence-corrected chi connectivity index (χ4v) is 4.38. The van der Waals surface area contributed by atoms with E-state index in [2.05, 4.69) is 5.32 Å². The van der Waals surface area contributed by atoms with Gasteiger partial charge in [-0.05, 0) is 54.1 Å². The quantitative estimate of drug-likeness (QED) is 0.634. The fraction of sp³-hybridized carbons (Fsp3) is 0.130. The van der Waals surface area contributed by atoms with E-state index in [0.717, 1.165) is 22.7 Å². The van der Waals surface area contributed by atoms with Crippen molar-refractivity contribution in [2.75, 3.05) is 16.0 Å². The van der Waals surface area contributed by atoms with Crippen LogP contribution in [0, 0.1) is 0 Å². The van der Waals surface area contributed by atoms with E-state index in [4.69, 9.17) is 4.74 Å². The van der Waals surface area contributed by atoms with E-state index >= 15 is 0 Å². The van der Waals surface area contributed by atoms with Gasteiger partial charge in [-0.25, -0.2) is 0 Å². The lowest BCUT2D eigenvalue weighted by Gasteiger charge is -2.25. The second-order valence-corrected chi connectivity index (χ2v) is 7.71. The van der Waals surface area contributed by atoms with Gasteiger partial charge in [-0.2, -0.15) is 0 Å². The van der Waals surface area contributed by atoms with Gasteiger partial charge in [0.25, 0.3) is 0 Å². The molecule has 1 aliphatic heterocycles. The van der Waals surface area contributed by atoms with Crippen molar-refractivity contribution in [2.45, 2.75) is 12.3 Å². The first-order valence-corrected chi connectivity index (χ1v) is 10.3. The van der Waals surface area contributed by atoms with E-state index in [9.17, 15) is 9.59 Å². The van der Waals surface area contributed by atoms with E-state index in [1.165, 1.54) is 6.92 Å². The molecule has 5 nitrogen and oxygen atoms in total. The Hall–Kier alpha value is -3.25. The molecule has 0 aromatic heterocycles. The summed E-state index contributed by atoms with van der Waals surface area (Å²) in [6, 6.07) is 24.8. The number of hydrogen-bond acceptors (Lipinski definition) is 4. The highest BCUT2D eigenvalue weighted by Crippen LogP contribution is 2.42. The lowest BCUT2D eigenvalue weighted by molar-refractivity contribution is -0.116. The van der Waals surface area contributed by atoms with Gasteiger partial charge < -0.3 is 10.1 Å². The van der Waals surface area contributed by atoms with Crippen molar-refractivity contribution in [3.8, 4) is 11.5 Å². The minimum Gasteiger partial charge on any atom is -0.457 e. The predicted octanol–water partition coefficient (Wildman–Crippen LogP) is 5.22. The normalized spacial score (nSPS) is 16.0. The minimum absolute atomic E-state index is 0.0571. The molecule has 1 aliphatic rings. The Morgan fingerprint density at radius 1 is 1.00 bits per heavy atom. The van der Waals surface area contributed by atoms with Crippen molar-refractivity contribution >= 4 is 35.0 Å². The molecule has 1 fully saturated rings. The van der Waals surface area contributed by atoms with Crippen molar-refractivity contribution in [2.24, 2.45) is 0 Å². The maximum absolute atomic E-state index is 12.6. The summed E-state index contributed by atoms with van der Waals surface area (Å²) in [5, 5.41) is 2.61. The third kappa shape index (κ3) is 4.43. The van der Waals surface area contributed by atoms with Crippen molar-refractivity contribution in [1.82, 2.24) is 0 Å². The van der Waals surface area contributed by atoms with Crippen LogP contribution in [0.25, 0.3) is 0 Å². The van der Waals surface area contributed by atoms with Crippen LogP contribution in [-0.4, -0.2) is 17.6 Å². The van der Waals surface area contributed by atoms with Crippen LogP contribution in [-0.2, 0) is 9.59 Å². The summed E-state index contributed by atoms with van der Waals surface area (Å²) in [6.45, 7) is 1.47. The number of para-hydroxylation sites is 1. The zero-order chi connectivity index (χ0) is 20.2. The molecule has 3 aromatic rings. The molecular formula is C23H20N2O3S. The number of ether oxygens (including phenoxy) is 1. The first kappa shape index (κ1) is 19.1. The molecule has 0 spiro atoms. The van der Waals surface area contributed by atoms with Crippen LogP contribution in [0.3, 0.4) is 0 Å². The predicted molar refractivity (Wildman–Crippen MR) is 116 cm³/mol. The summed E-state index contributed by atoms with van der Waals surface area (Å²) in [5.41, 5.74) is 2.50. The van der Waals surface area contributed by atoms with Gasteiger partial charge >= 0.3 is 0 Å². The number of carbonyl (C=O) groups is 2. The Morgan fingerprint density at radius 3 is 2.45 bits per heavy atom. The number of amides is 2. The molecule has 1 heterocycles. The van der Waals surface area contributed by atoms with E-state index in [1.807, 2.05) is 66.7 Å². The summed E-state index contributed by atoms with van der Waals surface area (Å²) in [5.74, 6) is 1.85. The number of rotatable bonds is 5. The molecule has 1 saturated heterocycles. The van der Waals surface area contributed by atoms with E-state index in [0.29, 0.717) is 11.4 Å². The van der Waals surface area contributed by atoms with Gasteiger partial charge in [0.2, 0.25) is 11.8 Å². The maximum Gasteiger partial charge on any atom is 0.238 e. The first-order valence-electron chi connectivity index (χ1n) is 9.24. The highest BCUT2D eigenvalue weighted by Gasteiger charge is 2.34.